The van der Waals surface area contributed by atoms with E-state index in [4.69, 9.17) is 11.6 Å². The molecule has 94 valence electrons. The van der Waals surface area contributed by atoms with E-state index >= 15 is 0 Å². The molecule has 0 fully saturated rings. The Morgan fingerprint density at radius 1 is 0.882 bits per heavy atom. The molecule has 1 aromatic carbocycles. The van der Waals surface area contributed by atoms with Crippen molar-refractivity contribution in [3.05, 3.63) is 33.4 Å². The van der Waals surface area contributed by atoms with E-state index in [1.54, 1.807) is 13.8 Å². The molecule has 4 heteroatoms. The summed E-state index contributed by atoms with van der Waals surface area (Å²) < 4.78 is 25.9. The smallest absolute Gasteiger partial charge is 0.286 e. The Hall–Kier alpha value is -0.960. The molecule has 0 aliphatic carbocycles. The van der Waals surface area contributed by atoms with Crippen LogP contribution in [0.5, 0.6) is 0 Å². The van der Waals surface area contributed by atoms with Crippen molar-refractivity contribution < 1.29 is 13.6 Å². The van der Waals surface area contributed by atoms with Gasteiger partial charge in [0.05, 0.1) is 0 Å². The van der Waals surface area contributed by atoms with Crippen LogP contribution in [0.15, 0.2) is 0 Å². The molecular weight excluding hydrogens is 246 g/mol. The number of halogens is 3. The summed E-state index contributed by atoms with van der Waals surface area (Å²) in [7, 11) is 0. The normalized spacial score (nSPS) is 11.8. The maximum absolute atomic E-state index is 12.9. The van der Waals surface area contributed by atoms with Crippen LogP contribution in [0.2, 0.25) is 0 Å². The lowest BCUT2D eigenvalue weighted by molar-refractivity contribution is 0.0534. The van der Waals surface area contributed by atoms with E-state index in [0.29, 0.717) is 11.1 Å². The summed E-state index contributed by atoms with van der Waals surface area (Å²) in [6.07, 6.45) is 0. The molecule has 0 spiro atoms. The highest BCUT2D eigenvalue weighted by Crippen LogP contribution is 2.32. The Labute approximate surface area is 105 Å². The second kappa shape index (κ2) is 4.37. The van der Waals surface area contributed by atoms with Crippen molar-refractivity contribution in [2.24, 2.45) is 0 Å². The van der Waals surface area contributed by atoms with Crippen molar-refractivity contribution in [2.45, 2.75) is 40.0 Å². The van der Waals surface area contributed by atoms with Crippen molar-refractivity contribution >= 4 is 17.4 Å². The number of benzene rings is 1. The summed E-state index contributed by atoms with van der Waals surface area (Å²) in [5.74, 6) is -1.32. The van der Waals surface area contributed by atoms with E-state index in [1.165, 1.54) is 0 Å². The van der Waals surface area contributed by atoms with Crippen LogP contribution < -0.4 is 0 Å². The van der Waals surface area contributed by atoms with Crippen LogP contribution in [0.25, 0.3) is 0 Å². The van der Waals surface area contributed by atoms with Gasteiger partial charge in [0.1, 0.15) is 0 Å². The fourth-order valence-corrected chi connectivity index (χ4v) is 2.08. The third-order valence-electron chi connectivity index (χ3n) is 3.48. The van der Waals surface area contributed by atoms with Crippen LogP contribution >= 0.6 is 11.6 Å². The predicted molar refractivity (Wildman–Crippen MR) is 65.3 cm³/mol. The van der Waals surface area contributed by atoms with Gasteiger partial charge >= 0.3 is 5.38 Å². The zero-order valence-electron chi connectivity index (χ0n) is 10.5. The lowest BCUT2D eigenvalue weighted by atomic mass is 9.88. The first-order chi connectivity index (χ1) is 7.59. The van der Waals surface area contributed by atoms with Gasteiger partial charge in [0.25, 0.3) is 0 Å². The molecule has 0 unspecified atom stereocenters. The summed E-state index contributed by atoms with van der Waals surface area (Å²) >= 11 is 4.82. The third kappa shape index (κ3) is 2.34. The standard InChI is InChI=1S/C13H15ClF2O/c1-6-7(2)9(4)11(10(5)8(6)3)12(17)13(14,15)16/h1-5H3. The zero-order chi connectivity index (χ0) is 13.5. The molecule has 17 heavy (non-hydrogen) atoms. The molecule has 1 aromatic rings. The number of Topliss-reactive ketones (excluding diaryl/α,β-unsaturated/α-hetero) is 1. The topological polar surface area (TPSA) is 17.1 Å². The SMILES string of the molecule is Cc1c(C)c(C)c(C(=O)C(F)(F)Cl)c(C)c1C. The molecule has 1 rings (SSSR count). The largest absolute Gasteiger partial charge is 0.384 e. The number of ketones is 1. The number of carbonyl (C=O) groups excluding carboxylic acids is 1. The summed E-state index contributed by atoms with van der Waals surface area (Å²) in [6.45, 7) is 8.90. The van der Waals surface area contributed by atoms with E-state index in [1.807, 2.05) is 20.8 Å². The minimum atomic E-state index is -3.84. The second-order valence-electron chi connectivity index (χ2n) is 4.33. The maximum atomic E-state index is 12.9. The Morgan fingerprint density at radius 2 is 1.18 bits per heavy atom. The monoisotopic (exact) mass is 260 g/mol. The zero-order valence-corrected chi connectivity index (χ0v) is 11.3. The van der Waals surface area contributed by atoms with Gasteiger partial charge < -0.3 is 0 Å². The highest BCUT2D eigenvalue weighted by molar-refractivity contribution is 6.35. The highest BCUT2D eigenvalue weighted by Gasteiger charge is 2.38. The number of carbonyl (C=O) groups is 1. The molecule has 0 bridgehead atoms. The predicted octanol–water partition coefficient (Wildman–Crippen LogP) is 4.24. The minimum Gasteiger partial charge on any atom is -0.286 e. The quantitative estimate of drug-likeness (QED) is 0.574. The first-order valence-corrected chi connectivity index (χ1v) is 5.65. The Morgan fingerprint density at radius 3 is 1.47 bits per heavy atom. The van der Waals surface area contributed by atoms with Gasteiger partial charge in [-0.1, -0.05) is 0 Å². The van der Waals surface area contributed by atoms with Gasteiger partial charge in [-0.25, -0.2) is 0 Å². The van der Waals surface area contributed by atoms with Gasteiger partial charge in [-0.15, -0.1) is 0 Å². The molecule has 1 nitrogen and oxygen atoms in total. The molecule has 0 radical (unpaired) electrons. The van der Waals surface area contributed by atoms with Gasteiger partial charge in [0, 0.05) is 5.56 Å². The lowest BCUT2D eigenvalue weighted by Crippen LogP contribution is -2.24. The number of hydrogen-bond donors (Lipinski definition) is 0. The van der Waals surface area contributed by atoms with Gasteiger partial charge in [0.15, 0.2) is 0 Å². The molecular formula is C13H15ClF2O. The van der Waals surface area contributed by atoms with Crippen LogP contribution in [0.4, 0.5) is 8.78 Å². The summed E-state index contributed by atoms with van der Waals surface area (Å²) in [5, 5.41) is -3.84. The average molecular weight is 261 g/mol. The summed E-state index contributed by atoms with van der Waals surface area (Å²) in [5.41, 5.74) is 3.95. The van der Waals surface area contributed by atoms with E-state index in [9.17, 15) is 13.6 Å². The van der Waals surface area contributed by atoms with Crippen LogP contribution in [0.3, 0.4) is 0 Å². The maximum Gasteiger partial charge on any atom is 0.384 e. The highest BCUT2D eigenvalue weighted by atomic mass is 35.5. The van der Waals surface area contributed by atoms with E-state index in [-0.39, 0.29) is 5.56 Å². The summed E-state index contributed by atoms with van der Waals surface area (Å²) in [4.78, 5) is 11.6. The summed E-state index contributed by atoms with van der Waals surface area (Å²) in [6, 6.07) is 0. The second-order valence-corrected chi connectivity index (χ2v) is 4.80. The fourth-order valence-electron chi connectivity index (χ4n) is 1.98. The Kier molecular flexibility index (Phi) is 3.63. The van der Waals surface area contributed by atoms with Crippen molar-refractivity contribution in [1.82, 2.24) is 0 Å². The van der Waals surface area contributed by atoms with Crippen molar-refractivity contribution in [2.75, 3.05) is 0 Å². The van der Waals surface area contributed by atoms with E-state index in [0.717, 1.165) is 16.7 Å². The molecule has 0 atom stereocenters. The molecule has 0 aromatic heterocycles. The first-order valence-electron chi connectivity index (χ1n) is 5.27. The van der Waals surface area contributed by atoms with Crippen LogP contribution in [0.1, 0.15) is 38.2 Å². The van der Waals surface area contributed by atoms with Crippen molar-refractivity contribution in [3.8, 4) is 0 Å². The van der Waals surface area contributed by atoms with Gasteiger partial charge in [-0.2, -0.15) is 8.78 Å². The third-order valence-corrected chi connectivity index (χ3v) is 3.66. The fraction of sp³-hybridized carbons (Fsp3) is 0.462. The molecule has 0 saturated heterocycles. The minimum absolute atomic E-state index is 0.0469. The van der Waals surface area contributed by atoms with Gasteiger partial charge in [-0.3, -0.25) is 4.79 Å². The van der Waals surface area contributed by atoms with Crippen molar-refractivity contribution in [1.29, 1.82) is 0 Å². The molecule has 0 heterocycles. The average Bonchev–Trinajstić information content (AvgIpc) is 2.22. The van der Waals surface area contributed by atoms with E-state index in [2.05, 4.69) is 0 Å². The molecule has 0 aliphatic rings. The van der Waals surface area contributed by atoms with Crippen LogP contribution in [-0.4, -0.2) is 11.2 Å². The number of hydrogen-bond acceptors (Lipinski definition) is 1. The van der Waals surface area contributed by atoms with Crippen LogP contribution in [-0.2, 0) is 0 Å². The number of rotatable bonds is 2. The molecule has 0 saturated carbocycles. The Balaban J connectivity index is 3.62. The van der Waals surface area contributed by atoms with Crippen LogP contribution in [0, 0.1) is 34.6 Å². The molecule has 0 N–H and O–H groups in total. The lowest BCUT2D eigenvalue weighted by Gasteiger charge is -2.19. The molecule has 0 aliphatic heterocycles. The van der Waals surface area contributed by atoms with Crippen molar-refractivity contribution in [3.63, 3.8) is 0 Å². The number of alkyl halides is 3. The van der Waals surface area contributed by atoms with E-state index < -0.39 is 11.2 Å². The van der Waals surface area contributed by atoms with Gasteiger partial charge in [-0.05, 0) is 74.0 Å². The van der Waals surface area contributed by atoms with Gasteiger partial charge in [0.2, 0.25) is 5.78 Å². The molecule has 0 amide bonds. The Bertz CT molecular complexity index is 458. The first kappa shape index (κ1) is 14.1.